The molecule has 0 aliphatic carbocycles. The molecule has 0 saturated carbocycles. The highest BCUT2D eigenvalue weighted by molar-refractivity contribution is 6.31. The van der Waals surface area contributed by atoms with E-state index in [1.54, 1.807) is 0 Å². The minimum atomic E-state index is 0.465. The van der Waals surface area contributed by atoms with Crippen LogP contribution in [-0.4, -0.2) is 11.3 Å². The van der Waals surface area contributed by atoms with Crippen LogP contribution in [0.15, 0.2) is 6.20 Å². The Hall–Kier alpha value is -0.890. The predicted molar refractivity (Wildman–Crippen MR) is 44.1 cm³/mol. The van der Waals surface area contributed by atoms with Gasteiger partial charge in [0.05, 0.1) is 5.02 Å². The fraction of sp³-hybridized carbons (Fsp3) is 0.250. The fourth-order valence-electron chi connectivity index (χ4n) is 0.810. The summed E-state index contributed by atoms with van der Waals surface area (Å²) in [5, 5.41) is 0.605. The molecule has 0 radical (unpaired) electrons. The molecule has 0 aromatic carbocycles. The van der Waals surface area contributed by atoms with Crippen molar-refractivity contribution >= 4 is 17.9 Å². The molecule has 0 unspecified atom stereocenters. The van der Waals surface area contributed by atoms with Crippen LogP contribution in [-0.2, 0) is 0 Å². The van der Waals surface area contributed by atoms with Gasteiger partial charge in [-0.1, -0.05) is 11.6 Å². The Morgan fingerprint density at radius 2 is 2.09 bits per heavy atom. The van der Waals surface area contributed by atoms with E-state index >= 15 is 0 Å². The van der Waals surface area contributed by atoms with Crippen molar-refractivity contribution in [2.45, 2.75) is 13.8 Å². The molecule has 58 valence electrons. The van der Waals surface area contributed by atoms with Crippen molar-refractivity contribution < 1.29 is 4.79 Å². The molecule has 0 bridgehead atoms. The fourth-order valence-corrected chi connectivity index (χ4v) is 1.00. The van der Waals surface area contributed by atoms with Gasteiger partial charge in [0.25, 0.3) is 0 Å². The molecular weight excluding hydrogens is 162 g/mol. The van der Waals surface area contributed by atoms with Gasteiger partial charge in [0, 0.05) is 6.20 Å². The first kappa shape index (κ1) is 8.21. The third kappa shape index (κ3) is 1.40. The summed E-state index contributed by atoms with van der Waals surface area (Å²) in [5.41, 5.74) is 2.24. The summed E-state index contributed by atoms with van der Waals surface area (Å²) in [6.07, 6.45) is 2.23. The second-order valence-corrected chi connectivity index (χ2v) is 2.77. The third-order valence-electron chi connectivity index (χ3n) is 1.73. The molecule has 11 heavy (non-hydrogen) atoms. The van der Waals surface area contributed by atoms with Crippen LogP contribution in [0, 0.1) is 13.8 Å². The van der Waals surface area contributed by atoms with E-state index in [-0.39, 0.29) is 0 Å². The summed E-state index contributed by atoms with van der Waals surface area (Å²) >= 11 is 5.76. The smallest absolute Gasteiger partial charge is 0.168 e. The maximum atomic E-state index is 10.4. The van der Waals surface area contributed by atoms with Crippen molar-refractivity contribution in [1.82, 2.24) is 4.98 Å². The first-order valence-corrected chi connectivity index (χ1v) is 3.61. The molecule has 0 amide bonds. The topological polar surface area (TPSA) is 30.0 Å². The molecule has 0 fully saturated rings. The van der Waals surface area contributed by atoms with Gasteiger partial charge in [0.1, 0.15) is 5.69 Å². The largest absolute Gasteiger partial charge is 0.296 e. The van der Waals surface area contributed by atoms with Crippen LogP contribution in [0.3, 0.4) is 0 Å². The molecule has 3 heteroatoms. The Balaban J connectivity index is 3.36. The number of carbonyl (C=O) groups excluding carboxylic acids is 1. The van der Waals surface area contributed by atoms with Gasteiger partial charge in [-0.3, -0.25) is 9.78 Å². The van der Waals surface area contributed by atoms with Crippen molar-refractivity contribution in [1.29, 1.82) is 0 Å². The lowest BCUT2D eigenvalue weighted by Crippen LogP contribution is -1.94. The number of pyridine rings is 1. The van der Waals surface area contributed by atoms with Crippen LogP contribution in [0.2, 0.25) is 5.02 Å². The van der Waals surface area contributed by atoms with E-state index in [0.29, 0.717) is 10.7 Å². The Bertz CT molecular complexity index is 296. The second kappa shape index (κ2) is 3.01. The predicted octanol–water partition coefficient (Wildman–Crippen LogP) is 2.16. The second-order valence-electron chi connectivity index (χ2n) is 2.36. The third-order valence-corrected chi connectivity index (χ3v) is 2.11. The summed E-state index contributed by atoms with van der Waals surface area (Å²) in [4.78, 5) is 14.2. The normalized spacial score (nSPS) is 9.73. The Labute approximate surface area is 70.2 Å². The molecule has 2 nitrogen and oxygen atoms in total. The van der Waals surface area contributed by atoms with Gasteiger partial charge in [-0.25, -0.2) is 0 Å². The maximum Gasteiger partial charge on any atom is 0.168 e. The van der Waals surface area contributed by atoms with Gasteiger partial charge in [0.15, 0.2) is 6.29 Å². The zero-order valence-electron chi connectivity index (χ0n) is 6.39. The number of halogens is 1. The van der Waals surface area contributed by atoms with Crippen LogP contribution in [0.1, 0.15) is 21.6 Å². The molecule has 0 N–H and O–H groups in total. The zero-order valence-corrected chi connectivity index (χ0v) is 7.14. The van der Waals surface area contributed by atoms with Crippen molar-refractivity contribution in [2.75, 3.05) is 0 Å². The highest BCUT2D eigenvalue weighted by Crippen LogP contribution is 2.18. The van der Waals surface area contributed by atoms with E-state index in [1.165, 1.54) is 6.20 Å². The minimum absolute atomic E-state index is 0.465. The number of rotatable bonds is 1. The van der Waals surface area contributed by atoms with Crippen LogP contribution in [0.5, 0.6) is 0 Å². The van der Waals surface area contributed by atoms with Crippen LogP contribution in [0.25, 0.3) is 0 Å². The maximum absolute atomic E-state index is 10.4. The van der Waals surface area contributed by atoms with E-state index in [0.717, 1.165) is 17.4 Å². The van der Waals surface area contributed by atoms with E-state index in [1.807, 2.05) is 13.8 Å². The Morgan fingerprint density at radius 3 is 2.64 bits per heavy atom. The van der Waals surface area contributed by atoms with E-state index in [2.05, 4.69) is 4.98 Å². The lowest BCUT2D eigenvalue weighted by Gasteiger charge is -2.02. The average Bonchev–Trinajstić information content (AvgIpc) is 2.01. The molecule has 1 rings (SSSR count). The molecule has 0 aliphatic rings. The SMILES string of the molecule is Cc1c(Cl)cnc(C=O)c1C. The lowest BCUT2D eigenvalue weighted by atomic mass is 10.1. The Kier molecular flexibility index (Phi) is 2.25. The molecule has 1 aromatic heterocycles. The Morgan fingerprint density at radius 1 is 1.45 bits per heavy atom. The van der Waals surface area contributed by atoms with Crippen molar-refractivity contribution in [3.63, 3.8) is 0 Å². The number of carbonyl (C=O) groups is 1. The molecule has 0 spiro atoms. The van der Waals surface area contributed by atoms with Gasteiger partial charge in [0.2, 0.25) is 0 Å². The van der Waals surface area contributed by atoms with Gasteiger partial charge in [-0.15, -0.1) is 0 Å². The molecule has 0 aliphatic heterocycles. The number of nitrogens with zero attached hydrogens (tertiary/aromatic N) is 1. The average molecular weight is 170 g/mol. The lowest BCUT2D eigenvalue weighted by molar-refractivity contribution is 0.111. The van der Waals surface area contributed by atoms with Crippen LogP contribution >= 0.6 is 11.6 Å². The van der Waals surface area contributed by atoms with E-state index < -0.39 is 0 Å². The summed E-state index contributed by atoms with van der Waals surface area (Å²) < 4.78 is 0. The van der Waals surface area contributed by atoms with Gasteiger partial charge in [-0.05, 0) is 25.0 Å². The van der Waals surface area contributed by atoms with Gasteiger partial charge in [-0.2, -0.15) is 0 Å². The molecule has 1 aromatic rings. The first-order chi connectivity index (χ1) is 5.16. The van der Waals surface area contributed by atoms with E-state index in [9.17, 15) is 4.79 Å². The molecule has 0 atom stereocenters. The van der Waals surface area contributed by atoms with Gasteiger partial charge >= 0.3 is 0 Å². The minimum Gasteiger partial charge on any atom is -0.296 e. The number of aldehydes is 1. The van der Waals surface area contributed by atoms with E-state index in [4.69, 9.17) is 11.6 Å². The summed E-state index contributed by atoms with van der Waals surface area (Å²) in [6, 6.07) is 0. The number of aromatic nitrogens is 1. The van der Waals surface area contributed by atoms with Crippen molar-refractivity contribution in [3.05, 3.63) is 28.0 Å². The summed E-state index contributed by atoms with van der Waals surface area (Å²) in [5.74, 6) is 0. The quantitative estimate of drug-likeness (QED) is 0.603. The highest BCUT2D eigenvalue weighted by atomic mass is 35.5. The monoisotopic (exact) mass is 169 g/mol. The zero-order chi connectivity index (χ0) is 8.43. The molecule has 1 heterocycles. The number of hydrogen-bond donors (Lipinski definition) is 0. The number of hydrogen-bond acceptors (Lipinski definition) is 2. The van der Waals surface area contributed by atoms with Crippen molar-refractivity contribution in [2.24, 2.45) is 0 Å². The first-order valence-electron chi connectivity index (χ1n) is 3.23. The van der Waals surface area contributed by atoms with Crippen LogP contribution < -0.4 is 0 Å². The van der Waals surface area contributed by atoms with Gasteiger partial charge < -0.3 is 0 Å². The summed E-state index contributed by atoms with van der Waals surface area (Å²) in [6.45, 7) is 3.70. The standard InChI is InChI=1S/C8H8ClNO/c1-5-6(2)8(4-11)10-3-7(5)9/h3-4H,1-2H3. The summed E-state index contributed by atoms with van der Waals surface area (Å²) in [7, 11) is 0. The van der Waals surface area contributed by atoms with Crippen LogP contribution in [0.4, 0.5) is 0 Å². The highest BCUT2D eigenvalue weighted by Gasteiger charge is 2.03. The molecular formula is C8H8ClNO. The van der Waals surface area contributed by atoms with Crippen molar-refractivity contribution in [3.8, 4) is 0 Å². The molecule has 0 saturated heterocycles.